The Labute approximate surface area is 212 Å². The van der Waals surface area contributed by atoms with Crippen LogP contribution in [0.1, 0.15) is 43.0 Å². The molecule has 36 heavy (non-hydrogen) atoms. The third-order valence-corrected chi connectivity index (χ3v) is 6.69. The van der Waals surface area contributed by atoms with Crippen LogP contribution < -0.4 is 14.8 Å². The van der Waals surface area contributed by atoms with E-state index in [0.29, 0.717) is 24.5 Å². The first-order valence-electron chi connectivity index (χ1n) is 12.9. The van der Waals surface area contributed by atoms with Gasteiger partial charge in [-0.3, -0.25) is 14.7 Å². The number of hydrogen-bond donors (Lipinski definition) is 1. The molecular weight excluding hydrogens is 450 g/mol. The van der Waals surface area contributed by atoms with E-state index in [4.69, 9.17) is 9.47 Å². The lowest BCUT2D eigenvalue weighted by Crippen LogP contribution is -2.25. The first kappa shape index (κ1) is 24.1. The van der Waals surface area contributed by atoms with E-state index in [2.05, 4.69) is 22.1 Å². The highest BCUT2D eigenvalue weighted by Gasteiger charge is 2.13. The normalized spacial score (nSPS) is 13.8. The average Bonchev–Trinajstić information content (AvgIpc) is 3.42. The second-order valence-electron chi connectivity index (χ2n) is 9.29. The number of ether oxygens (including phenoxy) is 2. The van der Waals surface area contributed by atoms with Gasteiger partial charge in [0.2, 0.25) is 0 Å². The number of carbonyl (C=O) groups excluding carboxylic acids is 1. The smallest absolute Gasteiger partial charge is 0.251 e. The SMILES string of the molecule is CCCCNC(=O)c1cccc2cc(Oc3ccnc4cc(OCCN5CCCC5)ccc34)ccc12. The molecule has 0 bridgehead atoms. The van der Waals surface area contributed by atoms with Crippen molar-refractivity contribution in [2.24, 2.45) is 0 Å². The van der Waals surface area contributed by atoms with Crippen LogP contribution >= 0.6 is 0 Å². The number of fused-ring (bicyclic) bond motifs is 2. The largest absolute Gasteiger partial charge is 0.492 e. The lowest BCUT2D eigenvalue weighted by molar-refractivity contribution is 0.0955. The molecule has 3 aromatic carbocycles. The van der Waals surface area contributed by atoms with E-state index in [1.807, 2.05) is 60.7 Å². The maximum atomic E-state index is 12.7. The van der Waals surface area contributed by atoms with Crippen LogP contribution in [0.3, 0.4) is 0 Å². The fourth-order valence-electron chi connectivity index (χ4n) is 4.70. The second-order valence-corrected chi connectivity index (χ2v) is 9.29. The molecule has 0 saturated carbocycles. The molecule has 1 aliphatic rings. The van der Waals surface area contributed by atoms with Crippen LogP contribution in [-0.2, 0) is 0 Å². The van der Waals surface area contributed by atoms with Gasteiger partial charge < -0.3 is 14.8 Å². The number of aromatic nitrogens is 1. The van der Waals surface area contributed by atoms with Crippen molar-refractivity contribution in [1.82, 2.24) is 15.2 Å². The molecule has 2 heterocycles. The van der Waals surface area contributed by atoms with Crippen LogP contribution in [0.4, 0.5) is 0 Å². The summed E-state index contributed by atoms with van der Waals surface area (Å²) in [6.45, 7) is 6.78. The van der Waals surface area contributed by atoms with Gasteiger partial charge in [-0.1, -0.05) is 25.5 Å². The highest BCUT2D eigenvalue weighted by atomic mass is 16.5. The zero-order chi connectivity index (χ0) is 24.7. The van der Waals surface area contributed by atoms with E-state index in [9.17, 15) is 4.79 Å². The number of rotatable bonds is 10. The number of unbranched alkanes of at least 4 members (excludes halogenated alkanes) is 1. The number of hydrogen-bond acceptors (Lipinski definition) is 5. The van der Waals surface area contributed by atoms with Crippen molar-refractivity contribution in [3.05, 3.63) is 72.4 Å². The number of benzene rings is 3. The molecule has 0 spiro atoms. The van der Waals surface area contributed by atoms with E-state index in [-0.39, 0.29) is 5.91 Å². The second kappa shape index (κ2) is 11.4. The fourth-order valence-corrected chi connectivity index (χ4v) is 4.70. The molecule has 0 unspecified atom stereocenters. The lowest BCUT2D eigenvalue weighted by Gasteiger charge is -2.15. The predicted molar refractivity (Wildman–Crippen MR) is 144 cm³/mol. The van der Waals surface area contributed by atoms with Crippen LogP contribution in [0.2, 0.25) is 0 Å². The molecule has 1 aromatic heterocycles. The molecule has 1 fully saturated rings. The van der Waals surface area contributed by atoms with Crippen molar-refractivity contribution in [2.75, 3.05) is 32.8 Å². The van der Waals surface area contributed by atoms with Crippen LogP contribution in [0.15, 0.2) is 66.9 Å². The highest BCUT2D eigenvalue weighted by Crippen LogP contribution is 2.32. The molecule has 4 aromatic rings. The number of nitrogens with zero attached hydrogens (tertiary/aromatic N) is 2. The minimum atomic E-state index is -0.0405. The summed E-state index contributed by atoms with van der Waals surface area (Å²) < 4.78 is 12.3. The van der Waals surface area contributed by atoms with Gasteiger partial charge in [-0.25, -0.2) is 0 Å². The van der Waals surface area contributed by atoms with Crippen LogP contribution in [0, 0.1) is 0 Å². The predicted octanol–water partition coefficient (Wildman–Crippen LogP) is 6.18. The van der Waals surface area contributed by atoms with Crippen molar-refractivity contribution >= 4 is 27.6 Å². The third kappa shape index (κ3) is 5.60. The first-order valence-corrected chi connectivity index (χ1v) is 12.9. The fraction of sp³-hybridized carbons (Fsp3) is 0.333. The van der Waals surface area contributed by atoms with E-state index in [1.54, 1.807) is 6.20 Å². The molecule has 1 aliphatic heterocycles. The molecule has 6 nitrogen and oxygen atoms in total. The first-order chi connectivity index (χ1) is 17.7. The summed E-state index contributed by atoms with van der Waals surface area (Å²) in [7, 11) is 0. The molecule has 6 heteroatoms. The van der Waals surface area contributed by atoms with Gasteiger partial charge in [0.05, 0.1) is 5.52 Å². The Kier molecular flexibility index (Phi) is 7.62. The van der Waals surface area contributed by atoms with Gasteiger partial charge in [-0.15, -0.1) is 0 Å². The van der Waals surface area contributed by atoms with E-state index in [0.717, 1.165) is 52.6 Å². The Bertz CT molecular complexity index is 1350. The molecule has 1 N–H and O–H groups in total. The van der Waals surface area contributed by atoms with Crippen LogP contribution in [0.5, 0.6) is 17.2 Å². The Morgan fingerprint density at radius 3 is 2.69 bits per heavy atom. The van der Waals surface area contributed by atoms with Crippen molar-refractivity contribution < 1.29 is 14.3 Å². The molecule has 0 radical (unpaired) electrons. The third-order valence-electron chi connectivity index (χ3n) is 6.69. The number of nitrogens with one attached hydrogen (secondary N) is 1. The van der Waals surface area contributed by atoms with Gasteiger partial charge >= 0.3 is 0 Å². The summed E-state index contributed by atoms with van der Waals surface area (Å²) in [5.74, 6) is 2.23. The quantitative estimate of drug-likeness (QED) is 0.273. The van der Waals surface area contributed by atoms with Crippen molar-refractivity contribution in [1.29, 1.82) is 0 Å². The number of amides is 1. The molecule has 0 atom stereocenters. The Balaban J connectivity index is 1.31. The van der Waals surface area contributed by atoms with Crippen molar-refractivity contribution in [2.45, 2.75) is 32.6 Å². The Morgan fingerprint density at radius 2 is 1.83 bits per heavy atom. The van der Waals surface area contributed by atoms with Crippen molar-refractivity contribution in [3.63, 3.8) is 0 Å². The van der Waals surface area contributed by atoms with Crippen molar-refractivity contribution in [3.8, 4) is 17.2 Å². The zero-order valence-corrected chi connectivity index (χ0v) is 20.8. The number of likely N-dealkylation sites (tertiary alicyclic amines) is 1. The monoisotopic (exact) mass is 483 g/mol. The minimum Gasteiger partial charge on any atom is -0.492 e. The molecule has 1 saturated heterocycles. The standard InChI is InChI=1S/C30H33N3O3/c1-2-3-14-32-30(34)26-8-6-7-22-20-24(10-11-25(22)26)36-29-13-15-31-28-21-23(9-12-27(28)29)35-19-18-33-16-4-5-17-33/h6-13,15,20-21H,2-5,14,16-19H2,1H3,(H,32,34). The minimum absolute atomic E-state index is 0.0405. The number of pyridine rings is 1. The lowest BCUT2D eigenvalue weighted by atomic mass is 10.0. The Hall–Kier alpha value is -3.64. The number of carbonyl (C=O) groups is 1. The van der Waals surface area contributed by atoms with Gasteiger partial charge in [0.15, 0.2) is 0 Å². The topological polar surface area (TPSA) is 63.7 Å². The van der Waals surface area contributed by atoms with E-state index in [1.165, 1.54) is 25.9 Å². The summed E-state index contributed by atoms with van der Waals surface area (Å²) in [6.07, 6.45) is 6.35. The van der Waals surface area contributed by atoms with Gasteiger partial charge in [0.25, 0.3) is 5.91 Å². The van der Waals surface area contributed by atoms with Gasteiger partial charge in [-0.2, -0.15) is 0 Å². The molecular formula is C30H33N3O3. The molecule has 5 rings (SSSR count). The molecule has 186 valence electrons. The van der Waals surface area contributed by atoms with Crippen LogP contribution in [0.25, 0.3) is 21.7 Å². The van der Waals surface area contributed by atoms with Gasteiger partial charge in [0.1, 0.15) is 23.9 Å². The molecule has 0 aliphatic carbocycles. The van der Waals surface area contributed by atoms with Gasteiger partial charge in [0, 0.05) is 36.3 Å². The summed E-state index contributed by atoms with van der Waals surface area (Å²) in [6, 6.07) is 19.4. The van der Waals surface area contributed by atoms with E-state index >= 15 is 0 Å². The van der Waals surface area contributed by atoms with Gasteiger partial charge in [-0.05, 0) is 85.6 Å². The maximum Gasteiger partial charge on any atom is 0.251 e. The summed E-state index contributed by atoms with van der Waals surface area (Å²) >= 11 is 0. The average molecular weight is 484 g/mol. The van der Waals surface area contributed by atoms with E-state index < -0.39 is 0 Å². The van der Waals surface area contributed by atoms with Crippen LogP contribution in [-0.4, -0.2) is 48.6 Å². The summed E-state index contributed by atoms with van der Waals surface area (Å²) in [5, 5.41) is 5.80. The Morgan fingerprint density at radius 1 is 1.00 bits per heavy atom. The molecule has 1 amide bonds. The highest BCUT2D eigenvalue weighted by molar-refractivity contribution is 6.07. The zero-order valence-electron chi connectivity index (χ0n) is 20.8. The summed E-state index contributed by atoms with van der Waals surface area (Å²) in [5.41, 5.74) is 1.51. The summed E-state index contributed by atoms with van der Waals surface area (Å²) in [4.78, 5) is 19.6. The maximum absolute atomic E-state index is 12.7.